The van der Waals surface area contributed by atoms with E-state index < -0.39 is 17.1 Å². The van der Waals surface area contributed by atoms with Gasteiger partial charge in [-0.2, -0.15) is 0 Å². The van der Waals surface area contributed by atoms with E-state index in [1.807, 2.05) is 65.0 Å². The van der Waals surface area contributed by atoms with Gasteiger partial charge in [0.05, 0.1) is 12.2 Å². The Bertz CT molecular complexity index is 437. The van der Waals surface area contributed by atoms with Crippen LogP contribution in [-0.2, 0) is 15.1 Å². The van der Waals surface area contributed by atoms with Gasteiger partial charge in [0, 0.05) is 6.04 Å². The molecule has 0 aliphatic carbocycles. The zero-order valence-electron chi connectivity index (χ0n) is 12.9. The number of hydrogen-bond donors (Lipinski definition) is 2. The second-order valence-electron chi connectivity index (χ2n) is 6.28. The Balaban J connectivity index is 3.18. The number of hydrogen-bond acceptors (Lipinski definition) is 3. The summed E-state index contributed by atoms with van der Waals surface area (Å²) >= 11 is 0. The number of carbonyl (C=O) groups is 1. The van der Waals surface area contributed by atoms with Gasteiger partial charge in [-0.05, 0) is 40.2 Å². The largest absolute Gasteiger partial charge is 0.480 e. The normalized spacial score (nSPS) is 15.1. The molecule has 4 nitrogen and oxygen atoms in total. The van der Waals surface area contributed by atoms with E-state index in [1.54, 1.807) is 0 Å². The zero-order valence-corrected chi connectivity index (χ0v) is 12.9. The van der Waals surface area contributed by atoms with Crippen LogP contribution in [0.2, 0.25) is 0 Å². The molecule has 0 aromatic heterocycles. The van der Waals surface area contributed by atoms with Crippen LogP contribution in [0.1, 0.15) is 40.2 Å². The minimum Gasteiger partial charge on any atom is -0.480 e. The van der Waals surface area contributed by atoms with Crippen molar-refractivity contribution in [2.75, 3.05) is 6.61 Å². The van der Waals surface area contributed by atoms with Crippen LogP contribution in [0.3, 0.4) is 0 Å². The quantitative estimate of drug-likeness (QED) is 0.840. The van der Waals surface area contributed by atoms with Crippen LogP contribution in [-0.4, -0.2) is 29.3 Å². The second kappa shape index (κ2) is 6.37. The maximum atomic E-state index is 11.9. The zero-order chi connectivity index (χ0) is 15.4. The Morgan fingerprint density at radius 1 is 1.25 bits per heavy atom. The molecule has 0 radical (unpaired) electrons. The maximum absolute atomic E-state index is 11.9. The number of rotatable bonds is 6. The highest BCUT2D eigenvalue weighted by atomic mass is 16.5. The van der Waals surface area contributed by atoms with Crippen molar-refractivity contribution in [2.24, 2.45) is 0 Å². The van der Waals surface area contributed by atoms with Gasteiger partial charge in [-0.15, -0.1) is 0 Å². The van der Waals surface area contributed by atoms with Crippen LogP contribution < -0.4 is 5.32 Å². The lowest BCUT2D eigenvalue weighted by Gasteiger charge is -2.35. The van der Waals surface area contributed by atoms with E-state index in [-0.39, 0.29) is 12.6 Å². The number of benzene rings is 1. The predicted molar refractivity (Wildman–Crippen MR) is 79.7 cm³/mol. The van der Waals surface area contributed by atoms with E-state index in [0.29, 0.717) is 5.56 Å². The molecule has 1 aromatic rings. The summed E-state index contributed by atoms with van der Waals surface area (Å²) in [7, 11) is 0. The molecule has 1 unspecified atom stereocenters. The first-order valence-electron chi connectivity index (χ1n) is 6.88. The molecule has 112 valence electrons. The average Bonchev–Trinajstić information content (AvgIpc) is 2.33. The van der Waals surface area contributed by atoms with Crippen molar-refractivity contribution >= 4 is 5.97 Å². The van der Waals surface area contributed by atoms with Crippen molar-refractivity contribution in [1.29, 1.82) is 0 Å². The van der Waals surface area contributed by atoms with Crippen LogP contribution in [0, 0.1) is 0 Å². The second-order valence-corrected chi connectivity index (χ2v) is 6.28. The van der Waals surface area contributed by atoms with E-state index in [0.717, 1.165) is 0 Å². The Labute approximate surface area is 121 Å². The molecule has 0 amide bonds. The number of carboxylic acid groups (broad SMARTS) is 1. The van der Waals surface area contributed by atoms with Crippen LogP contribution in [0.4, 0.5) is 0 Å². The van der Waals surface area contributed by atoms with E-state index in [9.17, 15) is 9.90 Å². The Morgan fingerprint density at radius 2 is 1.80 bits per heavy atom. The van der Waals surface area contributed by atoms with Crippen molar-refractivity contribution in [2.45, 2.75) is 51.8 Å². The fourth-order valence-electron chi connectivity index (χ4n) is 2.00. The van der Waals surface area contributed by atoms with Crippen molar-refractivity contribution < 1.29 is 14.6 Å². The number of nitrogens with one attached hydrogen (secondary N) is 1. The molecule has 4 heteroatoms. The van der Waals surface area contributed by atoms with Gasteiger partial charge in [0.25, 0.3) is 0 Å². The standard InChI is InChI=1S/C16H25NO3/c1-12(2)17-16(14(18)19,11-20-15(3,4)5)13-9-7-6-8-10-13/h6-10,12,17H,11H2,1-5H3,(H,18,19). The first-order chi connectivity index (χ1) is 9.17. The van der Waals surface area contributed by atoms with E-state index in [1.165, 1.54) is 0 Å². The molecule has 0 aliphatic rings. The maximum Gasteiger partial charge on any atom is 0.331 e. The highest BCUT2D eigenvalue weighted by molar-refractivity contribution is 5.81. The third-order valence-corrected chi connectivity index (χ3v) is 2.89. The first kappa shape index (κ1) is 16.7. The lowest BCUT2D eigenvalue weighted by Crippen LogP contribution is -2.56. The molecule has 0 heterocycles. The summed E-state index contributed by atoms with van der Waals surface area (Å²) in [6.07, 6.45) is 0. The molecule has 1 atom stereocenters. The third kappa shape index (κ3) is 4.32. The molecule has 0 saturated carbocycles. The van der Waals surface area contributed by atoms with E-state index in [4.69, 9.17) is 4.74 Å². The molecule has 0 aliphatic heterocycles. The van der Waals surface area contributed by atoms with Gasteiger partial charge in [0.1, 0.15) is 0 Å². The van der Waals surface area contributed by atoms with Gasteiger partial charge in [0.2, 0.25) is 0 Å². The minimum absolute atomic E-state index is 0.0230. The molecule has 20 heavy (non-hydrogen) atoms. The first-order valence-corrected chi connectivity index (χ1v) is 6.88. The summed E-state index contributed by atoms with van der Waals surface area (Å²) in [6.45, 7) is 9.68. The molecule has 1 aromatic carbocycles. The average molecular weight is 279 g/mol. The molecule has 0 spiro atoms. The number of carboxylic acids is 1. The van der Waals surface area contributed by atoms with Crippen molar-refractivity contribution in [3.63, 3.8) is 0 Å². The van der Waals surface area contributed by atoms with Gasteiger partial charge < -0.3 is 9.84 Å². The van der Waals surface area contributed by atoms with Gasteiger partial charge in [-0.3, -0.25) is 5.32 Å². The lowest BCUT2D eigenvalue weighted by molar-refractivity contribution is -0.152. The molecule has 0 fully saturated rings. The summed E-state index contributed by atoms with van der Waals surface area (Å²) in [4.78, 5) is 11.9. The monoisotopic (exact) mass is 279 g/mol. The van der Waals surface area contributed by atoms with Crippen molar-refractivity contribution in [3.8, 4) is 0 Å². The van der Waals surface area contributed by atoms with Gasteiger partial charge >= 0.3 is 5.97 Å². The van der Waals surface area contributed by atoms with E-state index in [2.05, 4.69) is 5.32 Å². The predicted octanol–water partition coefficient (Wildman–Crippen LogP) is 2.78. The van der Waals surface area contributed by atoms with Crippen molar-refractivity contribution in [3.05, 3.63) is 35.9 Å². The summed E-state index contributed by atoms with van der Waals surface area (Å²) in [6, 6.07) is 9.20. The highest BCUT2D eigenvalue weighted by Crippen LogP contribution is 2.25. The van der Waals surface area contributed by atoms with Crippen LogP contribution in [0.5, 0.6) is 0 Å². The number of aliphatic carboxylic acids is 1. The van der Waals surface area contributed by atoms with Gasteiger partial charge in [-0.1, -0.05) is 30.3 Å². The molecule has 1 rings (SSSR count). The van der Waals surface area contributed by atoms with Crippen LogP contribution >= 0.6 is 0 Å². The summed E-state index contributed by atoms with van der Waals surface area (Å²) < 4.78 is 5.77. The van der Waals surface area contributed by atoms with Gasteiger partial charge in [0.15, 0.2) is 5.54 Å². The molecule has 2 N–H and O–H groups in total. The molecule has 0 saturated heterocycles. The molecule has 0 bridgehead atoms. The fourth-order valence-corrected chi connectivity index (χ4v) is 2.00. The Hall–Kier alpha value is -1.39. The molecular formula is C16H25NO3. The topological polar surface area (TPSA) is 58.6 Å². The fraction of sp³-hybridized carbons (Fsp3) is 0.562. The SMILES string of the molecule is CC(C)NC(COC(C)(C)C)(C(=O)O)c1ccccc1. The Kier molecular flexibility index (Phi) is 5.31. The summed E-state index contributed by atoms with van der Waals surface area (Å²) in [5, 5.41) is 12.9. The third-order valence-electron chi connectivity index (χ3n) is 2.89. The Morgan fingerprint density at radius 3 is 2.20 bits per heavy atom. The lowest BCUT2D eigenvalue weighted by atomic mass is 9.89. The summed E-state index contributed by atoms with van der Waals surface area (Å²) in [5.74, 6) is -0.929. The smallest absolute Gasteiger partial charge is 0.331 e. The van der Waals surface area contributed by atoms with Crippen LogP contribution in [0.25, 0.3) is 0 Å². The van der Waals surface area contributed by atoms with Gasteiger partial charge in [-0.25, -0.2) is 4.79 Å². The van der Waals surface area contributed by atoms with Crippen LogP contribution in [0.15, 0.2) is 30.3 Å². The minimum atomic E-state index is -1.23. The highest BCUT2D eigenvalue weighted by Gasteiger charge is 2.42. The van der Waals surface area contributed by atoms with Crippen molar-refractivity contribution in [1.82, 2.24) is 5.32 Å². The number of ether oxygens (including phenoxy) is 1. The summed E-state index contributed by atoms with van der Waals surface area (Å²) in [5.41, 5.74) is -0.929. The molecular weight excluding hydrogens is 254 g/mol. The van der Waals surface area contributed by atoms with E-state index >= 15 is 0 Å².